The lowest BCUT2D eigenvalue weighted by Gasteiger charge is -2.34. The van der Waals surface area contributed by atoms with E-state index in [2.05, 4.69) is 15.3 Å². The Kier molecular flexibility index (Phi) is 8.22. The summed E-state index contributed by atoms with van der Waals surface area (Å²) in [5.74, 6) is 1.26. The van der Waals surface area contributed by atoms with Gasteiger partial charge in [-0.25, -0.2) is 0 Å². The highest BCUT2D eigenvalue weighted by Crippen LogP contribution is 2.32. The van der Waals surface area contributed by atoms with Gasteiger partial charge in [-0.05, 0) is 48.9 Å². The molecule has 0 spiro atoms. The van der Waals surface area contributed by atoms with E-state index in [1.54, 1.807) is 17.8 Å². The number of hydrogen-bond donors (Lipinski definition) is 1. The van der Waals surface area contributed by atoms with Crippen molar-refractivity contribution in [2.24, 2.45) is 7.05 Å². The van der Waals surface area contributed by atoms with Crippen LogP contribution in [0.5, 0.6) is 11.5 Å². The summed E-state index contributed by atoms with van der Waals surface area (Å²) in [7, 11) is 1.87. The van der Waals surface area contributed by atoms with Gasteiger partial charge in [-0.1, -0.05) is 12.1 Å². The Morgan fingerprint density at radius 2 is 1.83 bits per heavy atom. The summed E-state index contributed by atoms with van der Waals surface area (Å²) in [4.78, 5) is 28.2. The highest BCUT2D eigenvalue weighted by Gasteiger charge is 2.19. The maximum Gasteiger partial charge on any atom is 0.262 e. The second kappa shape index (κ2) is 11.7. The smallest absolute Gasteiger partial charge is 0.262 e. The zero-order valence-corrected chi connectivity index (χ0v) is 21.1. The van der Waals surface area contributed by atoms with E-state index in [4.69, 9.17) is 9.47 Å². The predicted molar refractivity (Wildman–Crippen MR) is 138 cm³/mol. The number of hydrogen-bond acceptors (Lipinski definition) is 6. The summed E-state index contributed by atoms with van der Waals surface area (Å²) in [6, 6.07) is 15.1. The quantitative estimate of drug-likeness (QED) is 0.495. The molecule has 0 radical (unpaired) electrons. The zero-order chi connectivity index (χ0) is 25.5. The van der Waals surface area contributed by atoms with Crippen LogP contribution in [-0.2, 0) is 16.6 Å². The van der Waals surface area contributed by atoms with Crippen molar-refractivity contribution in [3.8, 4) is 22.8 Å². The van der Waals surface area contributed by atoms with Crippen LogP contribution in [0.15, 0.2) is 54.7 Å². The summed E-state index contributed by atoms with van der Waals surface area (Å²) in [6.45, 7) is 7.97. The maximum absolute atomic E-state index is 12.5. The molecule has 1 aliphatic heterocycles. The predicted octanol–water partition coefficient (Wildman–Crippen LogP) is 2.96. The van der Waals surface area contributed by atoms with Crippen LogP contribution in [0.3, 0.4) is 0 Å². The lowest BCUT2D eigenvalue weighted by molar-refractivity contribution is -0.130. The molecule has 0 unspecified atom stereocenters. The molecule has 2 heterocycles. The first-order valence-corrected chi connectivity index (χ1v) is 12.1. The average molecular weight is 492 g/mol. The van der Waals surface area contributed by atoms with Gasteiger partial charge in [0, 0.05) is 64.1 Å². The van der Waals surface area contributed by atoms with Crippen LogP contribution < -0.4 is 14.8 Å². The van der Waals surface area contributed by atoms with Gasteiger partial charge in [-0.15, -0.1) is 0 Å². The molecule has 4 rings (SSSR count). The molecule has 3 aromatic rings. The molecule has 9 nitrogen and oxygen atoms in total. The standard InChI is InChI=1S/C27H33N5O4/c1-20-5-4-6-23(17-20)36-19-27(34)29-22-7-8-26(24(18-22)25-9-10-28-30(25)3)35-16-15-31-11-13-32(14-12-31)21(2)33/h4-10,17-18H,11-16,19H2,1-3H3,(H,29,34). The SMILES string of the molecule is CC(=O)N1CCN(CCOc2ccc(NC(=O)COc3cccc(C)c3)cc2-c2ccnn2C)CC1. The van der Waals surface area contributed by atoms with Crippen molar-refractivity contribution in [1.29, 1.82) is 0 Å². The molecular weight excluding hydrogens is 458 g/mol. The van der Waals surface area contributed by atoms with Crippen molar-refractivity contribution < 1.29 is 19.1 Å². The lowest BCUT2D eigenvalue weighted by atomic mass is 10.1. The van der Waals surface area contributed by atoms with Gasteiger partial charge in [0.15, 0.2) is 6.61 Å². The van der Waals surface area contributed by atoms with Crippen LogP contribution in [0.2, 0.25) is 0 Å². The Bertz CT molecular complexity index is 1200. The van der Waals surface area contributed by atoms with E-state index in [1.165, 1.54) is 0 Å². The molecule has 1 fully saturated rings. The Labute approximate surface area is 211 Å². The molecule has 36 heavy (non-hydrogen) atoms. The number of rotatable bonds is 9. The molecule has 0 atom stereocenters. The van der Waals surface area contributed by atoms with E-state index in [9.17, 15) is 9.59 Å². The third kappa shape index (κ3) is 6.63. The number of nitrogens with one attached hydrogen (secondary N) is 1. The number of aryl methyl sites for hydroxylation is 2. The topological polar surface area (TPSA) is 88.9 Å². The third-order valence-electron chi connectivity index (χ3n) is 6.20. The molecule has 190 valence electrons. The molecule has 1 aromatic heterocycles. The first kappa shape index (κ1) is 25.2. The summed E-state index contributed by atoms with van der Waals surface area (Å²) >= 11 is 0. The fourth-order valence-electron chi connectivity index (χ4n) is 4.19. The number of carbonyl (C=O) groups is 2. The Morgan fingerprint density at radius 1 is 1.03 bits per heavy atom. The minimum atomic E-state index is -0.245. The first-order chi connectivity index (χ1) is 17.4. The second-order valence-electron chi connectivity index (χ2n) is 8.90. The van der Waals surface area contributed by atoms with Gasteiger partial charge in [0.25, 0.3) is 5.91 Å². The first-order valence-electron chi connectivity index (χ1n) is 12.1. The Morgan fingerprint density at radius 3 is 2.53 bits per heavy atom. The van der Waals surface area contributed by atoms with Gasteiger partial charge in [0.2, 0.25) is 5.91 Å². The maximum atomic E-state index is 12.5. The number of piperazine rings is 1. The zero-order valence-electron chi connectivity index (χ0n) is 21.1. The molecule has 1 N–H and O–H groups in total. The molecular formula is C27H33N5O4. The van der Waals surface area contributed by atoms with Crippen LogP contribution in [0.4, 0.5) is 5.69 Å². The lowest BCUT2D eigenvalue weighted by Crippen LogP contribution is -2.48. The van der Waals surface area contributed by atoms with E-state index in [0.717, 1.165) is 55.3 Å². The largest absolute Gasteiger partial charge is 0.492 e. The van der Waals surface area contributed by atoms with E-state index < -0.39 is 0 Å². The van der Waals surface area contributed by atoms with Gasteiger partial charge in [0.1, 0.15) is 18.1 Å². The summed E-state index contributed by atoms with van der Waals surface area (Å²) in [5, 5.41) is 7.19. The van der Waals surface area contributed by atoms with E-state index in [-0.39, 0.29) is 18.4 Å². The second-order valence-corrected chi connectivity index (χ2v) is 8.90. The van der Waals surface area contributed by atoms with Crippen molar-refractivity contribution >= 4 is 17.5 Å². The highest BCUT2D eigenvalue weighted by atomic mass is 16.5. The average Bonchev–Trinajstić information content (AvgIpc) is 3.29. The van der Waals surface area contributed by atoms with Crippen molar-refractivity contribution in [2.45, 2.75) is 13.8 Å². The van der Waals surface area contributed by atoms with Crippen LogP contribution in [0, 0.1) is 6.92 Å². The third-order valence-corrected chi connectivity index (χ3v) is 6.20. The van der Waals surface area contributed by atoms with Crippen LogP contribution in [-0.4, -0.2) is 77.3 Å². The number of nitrogens with zero attached hydrogens (tertiary/aromatic N) is 4. The van der Waals surface area contributed by atoms with Crippen molar-refractivity contribution in [1.82, 2.24) is 19.6 Å². The van der Waals surface area contributed by atoms with Crippen molar-refractivity contribution in [3.05, 3.63) is 60.3 Å². The number of benzene rings is 2. The minimum Gasteiger partial charge on any atom is -0.492 e. The van der Waals surface area contributed by atoms with Crippen LogP contribution in [0.1, 0.15) is 12.5 Å². The molecule has 0 bridgehead atoms. The van der Waals surface area contributed by atoms with Gasteiger partial charge in [0.05, 0.1) is 5.69 Å². The molecule has 1 saturated heterocycles. The van der Waals surface area contributed by atoms with E-state index >= 15 is 0 Å². The van der Waals surface area contributed by atoms with E-state index in [1.807, 2.05) is 67.4 Å². The van der Waals surface area contributed by atoms with Gasteiger partial charge < -0.3 is 19.7 Å². The molecule has 1 aliphatic rings. The molecule has 2 amide bonds. The molecule has 0 saturated carbocycles. The number of carbonyl (C=O) groups excluding carboxylic acids is 2. The number of aromatic nitrogens is 2. The minimum absolute atomic E-state index is 0.0837. The fraction of sp³-hybridized carbons (Fsp3) is 0.370. The summed E-state index contributed by atoms with van der Waals surface area (Å²) < 4.78 is 13.6. The summed E-state index contributed by atoms with van der Waals surface area (Å²) in [6.07, 6.45) is 1.73. The molecule has 2 aromatic carbocycles. The number of anilines is 1. The molecule has 9 heteroatoms. The number of ether oxygens (including phenoxy) is 2. The van der Waals surface area contributed by atoms with Gasteiger partial charge >= 0.3 is 0 Å². The highest BCUT2D eigenvalue weighted by molar-refractivity contribution is 5.93. The van der Waals surface area contributed by atoms with Crippen LogP contribution in [0.25, 0.3) is 11.3 Å². The van der Waals surface area contributed by atoms with Crippen molar-refractivity contribution in [3.63, 3.8) is 0 Å². The molecule has 0 aliphatic carbocycles. The number of amides is 2. The van der Waals surface area contributed by atoms with Gasteiger partial charge in [-0.2, -0.15) is 5.10 Å². The van der Waals surface area contributed by atoms with E-state index in [0.29, 0.717) is 18.0 Å². The van der Waals surface area contributed by atoms with Crippen molar-refractivity contribution in [2.75, 3.05) is 51.3 Å². The van der Waals surface area contributed by atoms with Gasteiger partial charge in [-0.3, -0.25) is 19.2 Å². The monoisotopic (exact) mass is 491 g/mol. The summed E-state index contributed by atoms with van der Waals surface area (Å²) in [5.41, 5.74) is 3.44. The normalized spacial score (nSPS) is 13.9. The Balaban J connectivity index is 1.38. The fourth-order valence-corrected chi connectivity index (χ4v) is 4.19. The Hall–Kier alpha value is -3.85. The van der Waals surface area contributed by atoms with Crippen LogP contribution >= 0.6 is 0 Å².